The van der Waals surface area contributed by atoms with Crippen molar-refractivity contribution in [3.05, 3.63) is 49.1 Å². The molecule has 0 bridgehead atoms. The first-order valence-electron chi connectivity index (χ1n) is 9.39. The number of carbonyl (C=O) groups is 2. The lowest BCUT2D eigenvalue weighted by molar-refractivity contribution is 0.0378. The fourth-order valence-corrected chi connectivity index (χ4v) is 6.45. The largest absolute Gasteiger partial charge is 0.459 e. The number of aryl methyl sites for hydroxylation is 1. The quantitative estimate of drug-likeness (QED) is 0.421. The van der Waals surface area contributed by atoms with Gasteiger partial charge < -0.3 is 10.1 Å². The van der Waals surface area contributed by atoms with Gasteiger partial charge in [-0.25, -0.2) is 4.79 Å². The first kappa shape index (κ1) is 20.7. The molecule has 0 spiro atoms. The van der Waals surface area contributed by atoms with Gasteiger partial charge in [-0.3, -0.25) is 4.79 Å². The van der Waals surface area contributed by atoms with Gasteiger partial charge in [-0.2, -0.15) is 0 Å². The van der Waals surface area contributed by atoms with Crippen molar-refractivity contribution in [2.24, 2.45) is 0 Å². The van der Waals surface area contributed by atoms with Crippen molar-refractivity contribution in [3.63, 3.8) is 0 Å². The third kappa shape index (κ3) is 4.04. The lowest BCUT2D eigenvalue weighted by Crippen LogP contribution is -2.17. The summed E-state index contributed by atoms with van der Waals surface area (Å²) in [6, 6.07) is 5.35. The molecule has 29 heavy (non-hydrogen) atoms. The summed E-state index contributed by atoms with van der Waals surface area (Å²) in [6.45, 7) is 3.63. The third-order valence-electron chi connectivity index (χ3n) is 4.74. The summed E-state index contributed by atoms with van der Waals surface area (Å²) in [5.74, 6) is -0.714. The van der Waals surface area contributed by atoms with Gasteiger partial charge in [0, 0.05) is 20.0 Å². The van der Waals surface area contributed by atoms with Gasteiger partial charge in [-0.15, -0.1) is 22.7 Å². The van der Waals surface area contributed by atoms with Gasteiger partial charge in [-0.1, -0.05) is 29.3 Å². The van der Waals surface area contributed by atoms with Crippen LogP contribution in [-0.2, 0) is 17.6 Å². The van der Waals surface area contributed by atoms with Crippen molar-refractivity contribution < 1.29 is 14.3 Å². The second-order valence-corrected chi connectivity index (χ2v) is 10.2. The van der Waals surface area contributed by atoms with Crippen molar-refractivity contribution in [2.75, 3.05) is 5.32 Å². The normalized spacial score (nSPS) is 13.6. The van der Waals surface area contributed by atoms with E-state index < -0.39 is 0 Å². The zero-order chi connectivity index (χ0) is 20.7. The van der Waals surface area contributed by atoms with Crippen molar-refractivity contribution in [2.45, 2.75) is 45.6 Å². The maximum Gasteiger partial charge on any atom is 0.341 e. The number of hydrogen-bond acceptors (Lipinski definition) is 5. The van der Waals surface area contributed by atoms with Crippen LogP contribution in [0.3, 0.4) is 0 Å². The molecule has 2 heterocycles. The van der Waals surface area contributed by atoms with Crippen LogP contribution in [0.4, 0.5) is 5.00 Å². The van der Waals surface area contributed by atoms with Crippen LogP contribution in [0.25, 0.3) is 10.1 Å². The molecular formula is C21H19Cl2NO3S2. The van der Waals surface area contributed by atoms with E-state index >= 15 is 0 Å². The van der Waals surface area contributed by atoms with E-state index in [1.165, 1.54) is 22.7 Å². The first-order valence-corrected chi connectivity index (χ1v) is 11.8. The van der Waals surface area contributed by atoms with Gasteiger partial charge >= 0.3 is 5.97 Å². The summed E-state index contributed by atoms with van der Waals surface area (Å²) >= 11 is 15.3. The standard InChI is InChI=1S/C21H19Cl2NO3S2/c1-10(2)27-21(26)16-12-5-3-4-6-14(12)29-20(16)24-19(25)18-17(23)13-8-7-11(22)9-15(13)28-18/h7-10H,3-6H2,1-2H3,(H,24,25). The highest BCUT2D eigenvalue weighted by atomic mass is 35.5. The number of esters is 1. The Labute approximate surface area is 186 Å². The van der Waals surface area contributed by atoms with E-state index in [-0.39, 0.29) is 18.0 Å². The number of amides is 1. The third-order valence-corrected chi connectivity index (χ3v) is 7.84. The average Bonchev–Trinajstić information content (AvgIpc) is 3.18. The Bertz CT molecular complexity index is 1120. The molecule has 0 fully saturated rings. The molecule has 0 atom stereocenters. The van der Waals surface area contributed by atoms with Crippen molar-refractivity contribution in [3.8, 4) is 0 Å². The molecule has 1 aliphatic carbocycles. The smallest absolute Gasteiger partial charge is 0.341 e. The molecule has 1 amide bonds. The Balaban J connectivity index is 1.70. The highest BCUT2D eigenvalue weighted by molar-refractivity contribution is 7.22. The number of benzene rings is 1. The minimum Gasteiger partial charge on any atom is -0.459 e. The summed E-state index contributed by atoms with van der Waals surface area (Å²) in [4.78, 5) is 27.4. The van der Waals surface area contributed by atoms with Crippen molar-refractivity contribution in [1.29, 1.82) is 0 Å². The van der Waals surface area contributed by atoms with Gasteiger partial charge in [0.2, 0.25) is 0 Å². The molecule has 1 aromatic carbocycles. The summed E-state index contributed by atoms with van der Waals surface area (Å²) in [7, 11) is 0. The first-order chi connectivity index (χ1) is 13.8. The molecule has 0 radical (unpaired) electrons. The fourth-order valence-electron chi connectivity index (χ4n) is 3.49. The maximum absolute atomic E-state index is 13.0. The van der Waals surface area contributed by atoms with E-state index in [1.54, 1.807) is 12.1 Å². The number of fused-ring (bicyclic) bond motifs is 2. The summed E-state index contributed by atoms with van der Waals surface area (Å²) in [5.41, 5.74) is 1.50. The number of anilines is 1. The van der Waals surface area contributed by atoms with Crippen LogP contribution < -0.4 is 5.32 Å². The zero-order valence-corrected chi connectivity index (χ0v) is 19.1. The molecule has 8 heteroatoms. The molecule has 4 rings (SSSR count). The Kier molecular flexibility index (Phi) is 5.89. The predicted molar refractivity (Wildman–Crippen MR) is 121 cm³/mol. The Hall–Kier alpha value is -1.60. The number of ether oxygens (including phenoxy) is 1. The molecule has 0 saturated carbocycles. The van der Waals surface area contributed by atoms with E-state index in [0.717, 1.165) is 46.2 Å². The minimum absolute atomic E-state index is 0.230. The van der Waals surface area contributed by atoms with Gasteiger partial charge in [0.15, 0.2) is 0 Å². The van der Waals surface area contributed by atoms with Gasteiger partial charge in [-0.05, 0) is 57.2 Å². The second kappa shape index (κ2) is 8.26. The number of carbonyl (C=O) groups excluding carboxylic acids is 2. The molecule has 2 aromatic heterocycles. The molecule has 0 aliphatic heterocycles. The molecular weight excluding hydrogens is 449 g/mol. The van der Waals surface area contributed by atoms with Crippen molar-refractivity contribution in [1.82, 2.24) is 0 Å². The lowest BCUT2D eigenvalue weighted by Gasteiger charge is -2.14. The van der Waals surface area contributed by atoms with E-state index in [4.69, 9.17) is 27.9 Å². The van der Waals surface area contributed by atoms with Gasteiger partial charge in [0.1, 0.15) is 9.88 Å². The maximum atomic E-state index is 13.0. The highest BCUT2D eigenvalue weighted by Gasteiger charge is 2.29. The van der Waals surface area contributed by atoms with Crippen LogP contribution in [-0.4, -0.2) is 18.0 Å². The van der Waals surface area contributed by atoms with Crippen LogP contribution >= 0.6 is 45.9 Å². The Morgan fingerprint density at radius 1 is 1.14 bits per heavy atom. The topological polar surface area (TPSA) is 55.4 Å². The summed E-state index contributed by atoms with van der Waals surface area (Å²) < 4.78 is 6.30. The average molecular weight is 468 g/mol. The number of rotatable bonds is 4. The molecule has 0 saturated heterocycles. The van der Waals surface area contributed by atoms with Crippen LogP contribution in [0.1, 0.15) is 57.2 Å². The molecule has 1 N–H and O–H groups in total. The van der Waals surface area contributed by atoms with Crippen LogP contribution in [0.5, 0.6) is 0 Å². The zero-order valence-electron chi connectivity index (χ0n) is 15.9. The lowest BCUT2D eigenvalue weighted by atomic mass is 9.95. The summed E-state index contributed by atoms with van der Waals surface area (Å²) in [6.07, 6.45) is 3.63. The minimum atomic E-state index is -0.385. The number of thiophene rings is 2. The highest BCUT2D eigenvalue weighted by Crippen LogP contribution is 2.41. The molecule has 1 aliphatic rings. The van der Waals surface area contributed by atoms with Crippen LogP contribution in [0.15, 0.2) is 18.2 Å². The molecule has 152 valence electrons. The van der Waals surface area contributed by atoms with E-state index in [0.29, 0.717) is 25.5 Å². The molecule has 0 unspecified atom stereocenters. The van der Waals surface area contributed by atoms with Crippen molar-refractivity contribution >= 4 is 72.8 Å². The number of nitrogens with one attached hydrogen (secondary N) is 1. The Morgan fingerprint density at radius 2 is 1.90 bits per heavy atom. The number of hydrogen-bond donors (Lipinski definition) is 1. The SMILES string of the molecule is CC(C)OC(=O)c1c(NC(=O)c2sc3cc(Cl)ccc3c2Cl)sc2c1CCCC2. The van der Waals surface area contributed by atoms with E-state index in [1.807, 2.05) is 19.9 Å². The fraction of sp³-hybridized carbons (Fsp3) is 0.333. The molecule has 4 nitrogen and oxygen atoms in total. The molecule has 3 aromatic rings. The van der Waals surface area contributed by atoms with Gasteiger partial charge in [0.25, 0.3) is 5.91 Å². The number of halogens is 2. The Morgan fingerprint density at radius 3 is 2.66 bits per heavy atom. The van der Waals surface area contributed by atoms with Crippen LogP contribution in [0, 0.1) is 0 Å². The monoisotopic (exact) mass is 467 g/mol. The van der Waals surface area contributed by atoms with Gasteiger partial charge in [0.05, 0.1) is 16.7 Å². The predicted octanol–water partition coefficient (Wildman–Crippen LogP) is 6.97. The van der Waals surface area contributed by atoms with E-state index in [9.17, 15) is 9.59 Å². The second-order valence-electron chi connectivity index (χ2n) is 7.21. The van der Waals surface area contributed by atoms with E-state index in [2.05, 4.69) is 5.32 Å². The van der Waals surface area contributed by atoms with Crippen LogP contribution in [0.2, 0.25) is 10.0 Å². The summed E-state index contributed by atoms with van der Waals surface area (Å²) in [5, 5.41) is 5.24.